The summed E-state index contributed by atoms with van der Waals surface area (Å²) in [7, 11) is -3.72. The van der Waals surface area contributed by atoms with Gasteiger partial charge in [-0.25, -0.2) is 17.2 Å². The number of amidine groups is 1. The first-order valence-corrected chi connectivity index (χ1v) is 10.5. The largest absolute Gasteiger partial charge is 0.386 e. The summed E-state index contributed by atoms with van der Waals surface area (Å²) in [6.07, 6.45) is 3.37. The van der Waals surface area contributed by atoms with Crippen LogP contribution in [0.25, 0.3) is 16.7 Å². The van der Waals surface area contributed by atoms with Crippen LogP contribution in [-0.4, -0.2) is 34.7 Å². The van der Waals surface area contributed by atoms with E-state index in [1.165, 1.54) is 32.9 Å². The summed E-state index contributed by atoms with van der Waals surface area (Å²) < 4.78 is 53.3. The molecule has 1 aromatic carbocycles. The second-order valence-corrected chi connectivity index (χ2v) is 10.2. The lowest BCUT2D eigenvalue weighted by molar-refractivity contribution is 0.475. The van der Waals surface area contributed by atoms with Crippen LogP contribution in [0.5, 0.6) is 0 Å². The van der Waals surface area contributed by atoms with Crippen LogP contribution in [0.15, 0.2) is 35.6 Å². The second-order valence-electron chi connectivity index (χ2n) is 7.64. The molecule has 0 bridgehead atoms. The molecular formula is C20H19F2N5O2S. The Morgan fingerprint density at radius 2 is 1.97 bits per heavy atom. The minimum absolute atomic E-state index is 0.0134. The molecular weight excluding hydrogens is 412 g/mol. The van der Waals surface area contributed by atoms with Gasteiger partial charge in [0.2, 0.25) is 0 Å². The molecule has 1 aliphatic rings. The summed E-state index contributed by atoms with van der Waals surface area (Å²) in [5.74, 6) is -1.95. The molecule has 0 unspecified atom stereocenters. The molecule has 0 spiro atoms. The van der Waals surface area contributed by atoms with Crippen molar-refractivity contribution < 1.29 is 17.2 Å². The number of halogens is 2. The Kier molecular flexibility index (Phi) is 5.20. The molecule has 0 saturated carbocycles. The molecule has 0 aliphatic carbocycles. The first kappa shape index (κ1) is 21.5. The van der Waals surface area contributed by atoms with Gasteiger partial charge in [0.25, 0.3) is 5.82 Å². The Balaban J connectivity index is 2.06. The van der Waals surface area contributed by atoms with E-state index in [-0.39, 0.29) is 28.5 Å². The molecule has 1 atom stereocenters. The third-order valence-corrected chi connectivity index (χ3v) is 7.80. The van der Waals surface area contributed by atoms with Crippen LogP contribution in [0.4, 0.5) is 14.6 Å². The Hall–Kier alpha value is -3.19. The molecule has 3 rings (SSSR count). The van der Waals surface area contributed by atoms with E-state index >= 15 is 0 Å². The van der Waals surface area contributed by atoms with Crippen molar-refractivity contribution in [2.45, 2.75) is 31.1 Å². The van der Waals surface area contributed by atoms with Crippen molar-refractivity contribution in [1.29, 1.82) is 0 Å². The van der Waals surface area contributed by atoms with Crippen LogP contribution in [0.3, 0.4) is 0 Å². The van der Waals surface area contributed by atoms with Gasteiger partial charge in [-0.05, 0) is 44.5 Å². The molecule has 156 valence electrons. The lowest BCUT2D eigenvalue weighted by atomic mass is 9.91. The highest BCUT2D eigenvalue weighted by atomic mass is 32.2. The standard InChI is InChI=1S/C20H19F2N5O2S/c1-19(2)18(23)27-20(3,11-30(19,28)29)13-7-12(5-6-14(13)21)8-15(22)16-9-26-17(24-4)10-25-16/h5-10H,11H2,1-3H3,(H2,23,27)/b15-8-/t20-/m0/s1. The third kappa shape index (κ3) is 3.68. The summed E-state index contributed by atoms with van der Waals surface area (Å²) in [6, 6.07) is 3.79. The molecule has 1 aliphatic heterocycles. The van der Waals surface area contributed by atoms with Crippen LogP contribution < -0.4 is 5.73 Å². The Bertz CT molecular complexity index is 1210. The lowest BCUT2D eigenvalue weighted by Gasteiger charge is -2.38. The van der Waals surface area contributed by atoms with Crippen molar-refractivity contribution in [2.75, 3.05) is 5.75 Å². The fraction of sp³-hybridized carbons (Fsp3) is 0.300. The molecule has 0 radical (unpaired) electrons. The monoisotopic (exact) mass is 431 g/mol. The Labute approximate surface area is 173 Å². The topological polar surface area (TPSA) is 103 Å². The van der Waals surface area contributed by atoms with E-state index in [1.807, 2.05) is 0 Å². The van der Waals surface area contributed by atoms with Gasteiger partial charge in [0.15, 0.2) is 15.7 Å². The molecule has 0 fully saturated rings. The second kappa shape index (κ2) is 7.25. The molecule has 1 aromatic heterocycles. The van der Waals surface area contributed by atoms with Crippen LogP contribution in [0.1, 0.15) is 37.6 Å². The smallest absolute Gasteiger partial charge is 0.287 e. The maximum atomic E-state index is 14.6. The SMILES string of the molecule is [C-]#[N+]c1cnc(/C(F)=C/c2ccc(F)c([C@]3(C)CS(=O)(=O)C(C)(C)C(N)=N3)c2)cn1. The predicted molar refractivity (Wildman–Crippen MR) is 111 cm³/mol. The highest BCUT2D eigenvalue weighted by Crippen LogP contribution is 2.38. The average molecular weight is 431 g/mol. The number of nitrogens with zero attached hydrogens (tertiary/aromatic N) is 4. The van der Waals surface area contributed by atoms with Gasteiger partial charge >= 0.3 is 0 Å². The number of aliphatic imine (C=N–C) groups is 1. The van der Waals surface area contributed by atoms with Gasteiger partial charge in [0.1, 0.15) is 33.8 Å². The first-order chi connectivity index (χ1) is 13.9. The van der Waals surface area contributed by atoms with Gasteiger partial charge in [-0.1, -0.05) is 12.6 Å². The number of aromatic nitrogens is 2. The van der Waals surface area contributed by atoms with Crippen molar-refractivity contribution >= 4 is 33.4 Å². The summed E-state index contributed by atoms with van der Waals surface area (Å²) in [4.78, 5) is 15.0. The zero-order valence-corrected chi connectivity index (χ0v) is 17.3. The van der Waals surface area contributed by atoms with E-state index in [9.17, 15) is 17.2 Å². The number of sulfone groups is 1. The Morgan fingerprint density at radius 1 is 1.27 bits per heavy atom. The van der Waals surface area contributed by atoms with Crippen molar-refractivity contribution in [3.63, 3.8) is 0 Å². The summed E-state index contributed by atoms with van der Waals surface area (Å²) >= 11 is 0. The van der Waals surface area contributed by atoms with Crippen molar-refractivity contribution in [3.05, 3.63) is 64.6 Å². The molecule has 2 heterocycles. The van der Waals surface area contributed by atoms with Gasteiger partial charge < -0.3 is 10.6 Å². The summed E-state index contributed by atoms with van der Waals surface area (Å²) in [5.41, 5.74) is 4.62. The van der Waals surface area contributed by atoms with E-state index in [0.29, 0.717) is 0 Å². The number of nitrogens with two attached hydrogens (primary N) is 1. The van der Waals surface area contributed by atoms with Gasteiger partial charge in [0.05, 0.1) is 11.9 Å². The third-order valence-electron chi connectivity index (χ3n) is 5.09. The maximum absolute atomic E-state index is 14.6. The highest BCUT2D eigenvalue weighted by molar-refractivity contribution is 7.93. The molecule has 0 amide bonds. The maximum Gasteiger partial charge on any atom is 0.287 e. The quantitative estimate of drug-likeness (QED) is 0.751. The minimum Gasteiger partial charge on any atom is -0.386 e. The number of benzene rings is 1. The van der Waals surface area contributed by atoms with Crippen LogP contribution in [-0.2, 0) is 15.4 Å². The fourth-order valence-electron chi connectivity index (χ4n) is 3.05. The minimum atomic E-state index is -3.72. The average Bonchev–Trinajstić information content (AvgIpc) is 2.67. The normalized spacial score (nSPS) is 22.8. The van der Waals surface area contributed by atoms with Gasteiger partial charge in [-0.3, -0.25) is 9.98 Å². The zero-order valence-electron chi connectivity index (χ0n) is 16.5. The van der Waals surface area contributed by atoms with Crippen LogP contribution in [0, 0.1) is 12.4 Å². The molecule has 2 N–H and O–H groups in total. The molecule has 10 heteroatoms. The van der Waals surface area contributed by atoms with Crippen LogP contribution in [0.2, 0.25) is 0 Å². The fourth-order valence-corrected chi connectivity index (χ4v) is 4.73. The molecule has 30 heavy (non-hydrogen) atoms. The summed E-state index contributed by atoms with van der Waals surface area (Å²) in [5, 5.41) is 0. The van der Waals surface area contributed by atoms with Gasteiger partial charge in [-0.2, -0.15) is 0 Å². The van der Waals surface area contributed by atoms with E-state index in [1.54, 1.807) is 0 Å². The summed E-state index contributed by atoms with van der Waals surface area (Å²) in [6.45, 7) is 11.2. The lowest BCUT2D eigenvalue weighted by Crippen LogP contribution is -2.55. The zero-order chi connectivity index (χ0) is 22.3. The Morgan fingerprint density at radius 3 is 2.53 bits per heavy atom. The predicted octanol–water partition coefficient (Wildman–Crippen LogP) is 3.41. The van der Waals surface area contributed by atoms with Gasteiger partial charge in [-0.15, -0.1) is 4.98 Å². The van der Waals surface area contributed by atoms with E-state index in [2.05, 4.69) is 19.8 Å². The first-order valence-electron chi connectivity index (χ1n) is 8.85. The highest BCUT2D eigenvalue weighted by Gasteiger charge is 2.49. The van der Waals surface area contributed by atoms with E-state index in [0.717, 1.165) is 24.5 Å². The number of hydrogen-bond donors (Lipinski definition) is 1. The molecule has 7 nitrogen and oxygen atoms in total. The molecule has 0 saturated heterocycles. The van der Waals surface area contributed by atoms with Crippen molar-refractivity contribution in [2.24, 2.45) is 10.7 Å². The van der Waals surface area contributed by atoms with Gasteiger partial charge in [0, 0.05) is 5.56 Å². The van der Waals surface area contributed by atoms with Crippen LogP contribution >= 0.6 is 0 Å². The van der Waals surface area contributed by atoms with Crippen molar-refractivity contribution in [1.82, 2.24) is 9.97 Å². The number of rotatable bonds is 3. The van der Waals surface area contributed by atoms with E-state index < -0.39 is 37.5 Å². The molecule has 2 aromatic rings. The number of hydrogen-bond acceptors (Lipinski definition) is 6. The van der Waals surface area contributed by atoms with E-state index in [4.69, 9.17) is 12.3 Å². The van der Waals surface area contributed by atoms with Crippen molar-refractivity contribution in [3.8, 4) is 0 Å².